The molecule has 2 atom stereocenters. The number of rotatable bonds is 5. The minimum atomic E-state index is 0.00458. The van der Waals surface area contributed by atoms with E-state index < -0.39 is 0 Å². The SMILES string of the molecule is CCC(C)CC(CN)C(=O)N(C)C. The molecule has 2 unspecified atom stereocenters. The van der Waals surface area contributed by atoms with E-state index in [1.165, 1.54) is 0 Å². The van der Waals surface area contributed by atoms with Gasteiger partial charge in [0.15, 0.2) is 0 Å². The number of nitrogens with zero attached hydrogens (tertiary/aromatic N) is 1. The molecule has 0 saturated heterocycles. The van der Waals surface area contributed by atoms with E-state index in [1.54, 1.807) is 19.0 Å². The van der Waals surface area contributed by atoms with Crippen LogP contribution in [0.2, 0.25) is 0 Å². The monoisotopic (exact) mass is 186 g/mol. The van der Waals surface area contributed by atoms with Crippen molar-refractivity contribution in [2.45, 2.75) is 26.7 Å². The lowest BCUT2D eigenvalue weighted by Gasteiger charge is -2.21. The second-order valence-electron chi connectivity index (χ2n) is 3.91. The van der Waals surface area contributed by atoms with E-state index in [1.807, 2.05) is 0 Å². The molecule has 0 aliphatic carbocycles. The summed E-state index contributed by atoms with van der Waals surface area (Å²) in [5.74, 6) is 0.741. The number of hydrogen-bond donors (Lipinski definition) is 1. The molecule has 0 saturated carbocycles. The summed E-state index contributed by atoms with van der Waals surface area (Å²) in [6, 6.07) is 0. The maximum absolute atomic E-state index is 11.6. The van der Waals surface area contributed by atoms with Gasteiger partial charge in [0.1, 0.15) is 0 Å². The zero-order chi connectivity index (χ0) is 10.4. The predicted octanol–water partition coefficient (Wildman–Crippen LogP) is 1.09. The van der Waals surface area contributed by atoms with Gasteiger partial charge < -0.3 is 10.6 Å². The zero-order valence-corrected chi connectivity index (χ0v) is 9.21. The van der Waals surface area contributed by atoms with Gasteiger partial charge in [-0.2, -0.15) is 0 Å². The Kier molecular flexibility index (Phi) is 5.71. The van der Waals surface area contributed by atoms with Gasteiger partial charge in [0.2, 0.25) is 5.91 Å². The minimum Gasteiger partial charge on any atom is -0.349 e. The molecule has 0 radical (unpaired) electrons. The highest BCUT2D eigenvalue weighted by Gasteiger charge is 2.20. The van der Waals surface area contributed by atoms with Gasteiger partial charge in [0.25, 0.3) is 0 Å². The maximum Gasteiger partial charge on any atom is 0.226 e. The summed E-state index contributed by atoms with van der Waals surface area (Å²) in [5, 5.41) is 0. The lowest BCUT2D eigenvalue weighted by Crippen LogP contribution is -2.35. The van der Waals surface area contributed by atoms with Crippen molar-refractivity contribution in [3.05, 3.63) is 0 Å². The summed E-state index contributed by atoms with van der Waals surface area (Å²) < 4.78 is 0. The highest BCUT2D eigenvalue weighted by atomic mass is 16.2. The molecule has 13 heavy (non-hydrogen) atoms. The lowest BCUT2D eigenvalue weighted by molar-refractivity contribution is -0.133. The normalized spacial score (nSPS) is 15.2. The molecule has 0 aliphatic rings. The molecule has 0 spiro atoms. The topological polar surface area (TPSA) is 46.3 Å². The van der Waals surface area contributed by atoms with Crippen LogP contribution in [0.15, 0.2) is 0 Å². The van der Waals surface area contributed by atoms with Crippen LogP contribution in [0.5, 0.6) is 0 Å². The van der Waals surface area contributed by atoms with Gasteiger partial charge in [-0.05, 0) is 12.3 Å². The van der Waals surface area contributed by atoms with Gasteiger partial charge in [-0.3, -0.25) is 4.79 Å². The van der Waals surface area contributed by atoms with Crippen LogP contribution in [0, 0.1) is 11.8 Å². The van der Waals surface area contributed by atoms with E-state index in [2.05, 4.69) is 13.8 Å². The van der Waals surface area contributed by atoms with Crippen LogP contribution in [-0.4, -0.2) is 31.4 Å². The molecule has 0 bridgehead atoms. The Morgan fingerprint density at radius 1 is 1.46 bits per heavy atom. The van der Waals surface area contributed by atoms with Gasteiger partial charge in [-0.15, -0.1) is 0 Å². The van der Waals surface area contributed by atoms with Crippen LogP contribution in [0.25, 0.3) is 0 Å². The second kappa shape index (κ2) is 5.97. The van der Waals surface area contributed by atoms with Crippen molar-refractivity contribution in [3.8, 4) is 0 Å². The highest BCUT2D eigenvalue weighted by molar-refractivity contribution is 5.78. The van der Waals surface area contributed by atoms with E-state index in [0.29, 0.717) is 12.5 Å². The van der Waals surface area contributed by atoms with E-state index in [-0.39, 0.29) is 11.8 Å². The molecular formula is C10H22N2O. The van der Waals surface area contributed by atoms with Crippen molar-refractivity contribution in [1.29, 1.82) is 0 Å². The Morgan fingerprint density at radius 3 is 2.31 bits per heavy atom. The number of amides is 1. The molecule has 0 fully saturated rings. The van der Waals surface area contributed by atoms with Crippen LogP contribution in [0.4, 0.5) is 0 Å². The zero-order valence-electron chi connectivity index (χ0n) is 9.21. The first kappa shape index (κ1) is 12.4. The molecule has 3 heteroatoms. The summed E-state index contributed by atoms with van der Waals surface area (Å²) >= 11 is 0. The van der Waals surface area contributed by atoms with E-state index in [9.17, 15) is 4.79 Å². The quantitative estimate of drug-likeness (QED) is 0.698. The summed E-state index contributed by atoms with van der Waals surface area (Å²) in [6.07, 6.45) is 2.02. The summed E-state index contributed by atoms with van der Waals surface area (Å²) in [7, 11) is 3.56. The number of nitrogens with two attached hydrogens (primary N) is 1. The Bertz CT molecular complexity index is 157. The standard InChI is InChI=1S/C10H22N2O/c1-5-8(2)6-9(7-11)10(13)12(3)4/h8-9H,5-7,11H2,1-4H3. The van der Waals surface area contributed by atoms with E-state index >= 15 is 0 Å². The molecule has 3 nitrogen and oxygen atoms in total. The van der Waals surface area contributed by atoms with E-state index in [0.717, 1.165) is 12.8 Å². The highest BCUT2D eigenvalue weighted by Crippen LogP contribution is 2.15. The largest absolute Gasteiger partial charge is 0.349 e. The molecule has 0 aromatic heterocycles. The molecule has 0 aromatic carbocycles. The second-order valence-corrected chi connectivity index (χ2v) is 3.91. The number of carbonyl (C=O) groups is 1. The molecule has 78 valence electrons. The Balaban J connectivity index is 4.10. The molecule has 0 aliphatic heterocycles. The molecular weight excluding hydrogens is 164 g/mol. The predicted molar refractivity (Wildman–Crippen MR) is 55.3 cm³/mol. The average molecular weight is 186 g/mol. The third kappa shape index (κ3) is 4.27. The van der Waals surface area contributed by atoms with Crippen molar-refractivity contribution < 1.29 is 4.79 Å². The van der Waals surface area contributed by atoms with Crippen LogP contribution in [0.1, 0.15) is 26.7 Å². The van der Waals surface area contributed by atoms with Crippen molar-refractivity contribution >= 4 is 5.91 Å². The number of hydrogen-bond acceptors (Lipinski definition) is 2. The Hall–Kier alpha value is -0.570. The van der Waals surface area contributed by atoms with Crippen molar-refractivity contribution in [2.75, 3.05) is 20.6 Å². The Labute approximate surface area is 81.3 Å². The molecule has 0 rings (SSSR count). The van der Waals surface area contributed by atoms with Gasteiger partial charge >= 0.3 is 0 Å². The fourth-order valence-corrected chi connectivity index (χ4v) is 1.32. The first-order chi connectivity index (χ1) is 6.02. The average Bonchev–Trinajstić information content (AvgIpc) is 2.12. The molecule has 0 aromatic rings. The third-order valence-corrected chi connectivity index (χ3v) is 2.46. The summed E-state index contributed by atoms with van der Waals surface area (Å²) in [4.78, 5) is 13.2. The lowest BCUT2D eigenvalue weighted by atomic mass is 9.93. The number of carbonyl (C=O) groups excluding carboxylic acids is 1. The van der Waals surface area contributed by atoms with Crippen LogP contribution in [0.3, 0.4) is 0 Å². The van der Waals surface area contributed by atoms with Crippen molar-refractivity contribution in [3.63, 3.8) is 0 Å². The van der Waals surface area contributed by atoms with Crippen LogP contribution < -0.4 is 5.73 Å². The van der Waals surface area contributed by atoms with Crippen molar-refractivity contribution in [2.24, 2.45) is 17.6 Å². The summed E-state index contributed by atoms with van der Waals surface area (Å²) in [6.45, 7) is 4.76. The molecule has 2 N–H and O–H groups in total. The first-order valence-corrected chi connectivity index (χ1v) is 4.94. The smallest absolute Gasteiger partial charge is 0.226 e. The Morgan fingerprint density at radius 2 is 2.00 bits per heavy atom. The summed E-state index contributed by atoms with van der Waals surface area (Å²) in [5.41, 5.74) is 5.57. The first-order valence-electron chi connectivity index (χ1n) is 4.94. The van der Waals surface area contributed by atoms with Crippen LogP contribution in [-0.2, 0) is 4.79 Å². The third-order valence-electron chi connectivity index (χ3n) is 2.46. The van der Waals surface area contributed by atoms with E-state index in [4.69, 9.17) is 5.73 Å². The van der Waals surface area contributed by atoms with Crippen molar-refractivity contribution in [1.82, 2.24) is 4.90 Å². The fraction of sp³-hybridized carbons (Fsp3) is 0.900. The van der Waals surface area contributed by atoms with Crippen LogP contribution >= 0.6 is 0 Å². The van der Waals surface area contributed by atoms with Gasteiger partial charge in [-0.25, -0.2) is 0 Å². The van der Waals surface area contributed by atoms with Gasteiger partial charge in [0.05, 0.1) is 5.92 Å². The molecule has 0 heterocycles. The minimum absolute atomic E-state index is 0.00458. The van der Waals surface area contributed by atoms with Gasteiger partial charge in [0, 0.05) is 20.6 Å². The fourth-order valence-electron chi connectivity index (χ4n) is 1.32. The van der Waals surface area contributed by atoms with Gasteiger partial charge in [-0.1, -0.05) is 20.3 Å². The molecule has 1 amide bonds. The maximum atomic E-state index is 11.6.